The number of likely N-dealkylation sites (N-methyl/N-ethyl adjacent to an activating group) is 1. The van der Waals surface area contributed by atoms with Crippen molar-refractivity contribution in [2.75, 3.05) is 13.6 Å². The lowest BCUT2D eigenvalue weighted by atomic mass is 10.1. The summed E-state index contributed by atoms with van der Waals surface area (Å²) in [6.45, 7) is 9.45. The van der Waals surface area contributed by atoms with Crippen LogP contribution in [0, 0.1) is 13.8 Å². The minimum absolute atomic E-state index is 0.0255. The van der Waals surface area contributed by atoms with Gasteiger partial charge in [-0.05, 0) is 51.3 Å². The van der Waals surface area contributed by atoms with Crippen LogP contribution in [0.5, 0.6) is 0 Å². The topological polar surface area (TPSA) is 86.8 Å². The summed E-state index contributed by atoms with van der Waals surface area (Å²) >= 11 is 0. The zero-order valence-corrected chi connectivity index (χ0v) is 21.9. The van der Waals surface area contributed by atoms with E-state index in [1.165, 1.54) is 24.1 Å². The van der Waals surface area contributed by atoms with E-state index in [-0.39, 0.29) is 29.9 Å². The lowest BCUT2D eigenvalue weighted by Gasteiger charge is -2.32. The molecule has 1 N–H and O–H groups in total. The number of hydrogen-bond donors (Lipinski definition) is 1. The van der Waals surface area contributed by atoms with E-state index in [4.69, 9.17) is 0 Å². The first kappa shape index (κ1) is 27.5. The van der Waals surface area contributed by atoms with Gasteiger partial charge in [0.25, 0.3) is 0 Å². The molecule has 0 unspecified atom stereocenters. The second kappa shape index (κ2) is 12.1. The lowest BCUT2D eigenvalue weighted by molar-refractivity contribution is -0.141. The molecule has 0 bridgehead atoms. The number of nitrogens with zero attached hydrogens (tertiary/aromatic N) is 2. The van der Waals surface area contributed by atoms with Gasteiger partial charge < -0.3 is 10.2 Å². The molecule has 0 heterocycles. The Morgan fingerprint density at radius 3 is 1.94 bits per heavy atom. The maximum absolute atomic E-state index is 13.5. The minimum atomic E-state index is -3.85. The van der Waals surface area contributed by atoms with Gasteiger partial charge in [0.2, 0.25) is 21.8 Å². The maximum Gasteiger partial charge on any atom is 0.243 e. The average molecular weight is 488 g/mol. The molecule has 0 spiro atoms. The molecule has 2 rings (SSSR count). The number of nitrogens with one attached hydrogen (secondary N) is 1. The van der Waals surface area contributed by atoms with Crippen LogP contribution in [0.3, 0.4) is 0 Å². The molecule has 2 aromatic rings. The number of amides is 2. The van der Waals surface area contributed by atoms with Crippen molar-refractivity contribution in [1.29, 1.82) is 0 Å². The number of carbonyl (C=O) groups is 2. The number of sulfonamides is 1. The van der Waals surface area contributed by atoms with Crippen molar-refractivity contribution in [2.24, 2.45) is 0 Å². The third kappa shape index (κ3) is 7.14. The first-order valence-corrected chi connectivity index (χ1v) is 13.1. The zero-order valence-electron chi connectivity index (χ0n) is 21.0. The summed E-state index contributed by atoms with van der Waals surface area (Å²) < 4.78 is 27.1. The highest BCUT2D eigenvalue weighted by Gasteiger charge is 2.32. The Morgan fingerprint density at radius 1 is 0.912 bits per heavy atom. The van der Waals surface area contributed by atoms with Crippen LogP contribution in [0.1, 0.15) is 50.3 Å². The van der Waals surface area contributed by atoms with Crippen LogP contribution in [0.2, 0.25) is 0 Å². The quantitative estimate of drug-likeness (QED) is 0.524. The Hall–Kier alpha value is -2.71. The van der Waals surface area contributed by atoms with Gasteiger partial charge in [-0.2, -0.15) is 4.31 Å². The molecule has 0 saturated carbocycles. The Labute approximate surface area is 204 Å². The molecule has 34 heavy (non-hydrogen) atoms. The van der Waals surface area contributed by atoms with Crippen molar-refractivity contribution in [3.8, 4) is 0 Å². The fourth-order valence-electron chi connectivity index (χ4n) is 3.51. The third-order valence-corrected chi connectivity index (χ3v) is 7.77. The molecule has 0 aliphatic rings. The molecule has 2 amide bonds. The molecular weight excluding hydrogens is 450 g/mol. The molecule has 0 aliphatic carbocycles. The molecule has 2 aromatic carbocycles. The monoisotopic (exact) mass is 487 g/mol. The van der Waals surface area contributed by atoms with E-state index in [0.29, 0.717) is 6.42 Å². The summed E-state index contributed by atoms with van der Waals surface area (Å²) in [6.07, 6.45) is 1.18. The largest absolute Gasteiger partial charge is 0.352 e. The van der Waals surface area contributed by atoms with Gasteiger partial charge in [0.1, 0.15) is 6.04 Å². The summed E-state index contributed by atoms with van der Waals surface area (Å²) in [6, 6.07) is 13.5. The normalized spacial score (nSPS) is 13.4. The van der Waals surface area contributed by atoms with E-state index < -0.39 is 22.0 Å². The molecule has 7 nitrogen and oxygen atoms in total. The third-order valence-electron chi connectivity index (χ3n) is 5.95. The second-order valence-electron chi connectivity index (χ2n) is 8.82. The van der Waals surface area contributed by atoms with Crippen molar-refractivity contribution in [2.45, 2.75) is 71.0 Å². The zero-order chi connectivity index (χ0) is 25.5. The summed E-state index contributed by atoms with van der Waals surface area (Å²) in [7, 11) is -2.47. The molecule has 0 radical (unpaired) electrons. The highest BCUT2D eigenvalue weighted by atomic mass is 32.2. The van der Waals surface area contributed by atoms with Gasteiger partial charge in [-0.25, -0.2) is 8.42 Å². The number of aryl methyl sites for hydroxylation is 2. The molecule has 0 saturated heterocycles. The summed E-state index contributed by atoms with van der Waals surface area (Å²) in [5, 5.41) is 2.96. The Balaban J connectivity index is 2.32. The predicted octanol–water partition coefficient (Wildman–Crippen LogP) is 3.65. The minimum Gasteiger partial charge on any atom is -0.352 e. The number of rotatable bonds is 11. The highest BCUT2D eigenvalue weighted by Crippen LogP contribution is 2.18. The van der Waals surface area contributed by atoms with Crippen LogP contribution in [0.15, 0.2) is 53.4 Å². The van der Waals surface area contributed by atoms with Gasteiger partial charge >= 0.3 is 0 Å². The summed E-state index contributed by atoms with van der Waals surface area (Å²) in [5.41, 5.74) is 2.91. The molecule has 0 fully saturated rings. The lowest BCUT2D eigenvalue weighted by Crippen LogP contribution is -2.53. The van der Waals surface area contributed by atoms with Crippen molar-refractivity contribution in [3.05, 3.63) is 65.2 Å². The molecular formula is C26H37N3O4S. The first-order chi connectivity index (χ1) is 16.0. The molecule has 0 aliphatic heterocycles. The van der Waals surface area contributed by atoms with Gasteiger partial charge in [-0.1, -0.05) is 61.4 Å². The Bertz CT molecular complexity index is 1070. The van der Waals surface area contributed by atoms with E-state index in [0.717, 1.165) is 27.4 Å². The van der Waals surface area contributed by atoms with E-state index >= 15 is 0 Å². The van der Waals surface area contributed by atoms with Crippen molar-refractivity contribution in [1.82, 2.24) is 14.5 Å². The molecule has 186 valence electrons. The van der Waals surface area contributed by atoms with Gasteiger partial charge in [0.15, 0.2) is 0 Å². The van der Waals surface area contributed by atoms with Crippen LogP contribution >= 0.6 is 0 Å². The van der Waals surface area contributed by atoms with Crippen LogP contribution < -0.4 is 5.32 Å². The van der Waals surface area contributed by atoms with Gasteiger partial charge in [0, 0.05) is 19.6 Å². The Morgan fingerprint density at radius 2 is 1.44 bits per heavy atom. The van der Waals surface area contributed by atoms with Crippen LogP contribution in [0.4, 0.5) is 0 Å². The smallest absolute Gasteiger partial charge is 0.243 e. The SMILES string of the molecule is CC[C@H](C(=O)N[C@@H](C)CC)N(Cc1ccc(C)cc1)C(=O)CN(C)S(=O)(=O)c1ccc(C)cc1. The number of benzene rings is 2. The van der Waals surface area contributed by atoms with Crippen molar-refractivity contribution >= 4 is 21.8 Å². The van der Waals surface area contributed by atoms with E-state index in [2.05, 4.69) is 5.32 Å². The fraction of sp³-hybridized carbons (Fsp3) is 0.462. The van der Waals surface area contributed by atoms with E-state index in [9.17, 15) is 18.0 Å². The number of hydrogen-bond acceptors (Lipinski definition) is 4. The van der Waals surface area contributed by atoms with E-state index in [1.807, 2.05) is 58.9 Å². The molecule has 8 heteroatoms. The van der Waals surface area contributed by atoms with Gasteiger partial charge in [0.05, 0.1) is 11.4 Å². The summed E-state index contributed by atoms with van der Waals surface area (Å²) in [5.74, 6) is -0.661. The van der Waals surface area contributed by atoms with Crippen LogP contribution in [0.25, 0.3) is 0 Å². The molecule has 2 atom stereocenters. The first-order valence-electron chi connectivity index (χ1n) is 11.7. The van der Waals surface area contributed by atoms with Crippen molar-refractivity contribution in [3.63, 3.8) is 0 Å². The fourth-order valence-corrected chi connectivity index (χ4v) is 4.63. The van der Waals surface area contributed by atoms with Crippen molar-refractivity contribution < 1.29 is 18.0 Å². The second-order valence-corrected chi connectivity index (χ2v) is 10.9. The van der Waals surface area contributed by atoms with Crippen LogP contribution in [-0.2, 0) is 26.2 Å². The Kier molecular flexibility index (Phi) is 9.82. The predicted molar refractivity (Wildman–Crippen MR) is 135 cm³/mol. The standard InChI is InChI=1S/C26H37N3O4S/c1-7-21(5)27-26(31)24(8-2)29(17-22-13-9-19(3)10-14-22)25(30)18-28(6)34(32,33)23-15-11-20(4)12-16-23/h9-16,21,24H,7-8,17-18H2,1-6H3,(H,27,31)/t21-,24+/m0/s1. The summed E-state index contributed by atoms with van der Waals surface area (Å²) in [4.78, 5) is 28.1. The molecule has 0 aromatic heterocycles. The maximum atomic E-state index is 13.5. The highest BCUT2D eigenvalue weighted by molar-refractivity contribution is 7.89. The average Bonchev–Trinajstić information content (AvgIpc) is 2.80. The van der Waals surface area contributed by atoms with Crippen LogP contribution in [-0.4, -0.2) is 55.1 Å². The van der Waals surface area contributed by atoms with E-state index in [1.54, 1.807) is 12.1 Å². The van der Waals surface area contributed by atoms with Gasteiger partial charge in [-0.3, -0.25) is 9.59 Å². The van der Waals surface area contributed by atoms with Gasteiger partial charge in [-0.15, -0.1) is 0 Å². The number of carbonyl (C=O) groups excluding carboxylic acids is 2.